The Morgan fingerprint density at radius 1 is 1.26 bits per heavy atom. The van der Waals surface area contributed by atoms with Crippen LogP contribution in [-0.4, -0.2) is 74.9 Å². The van der Waals surface area contributed by atoms with Crippen LogP contribution in [0.2, 0.25) is 0 Å². The summed E-state index contributed by atoms with van der Waals surface area (Å²) in [5.41, 5.74) is 0.273. The van der Waals surface area contributed by atoms with Crippen molar-refractivity contribution in [3.05, 3.63) is 0 Å². The number of rotatable bonds is 5. The third kappa shape index (κ3) is 3.30. The maximum absolute atomic E-state index is 5.79. The van der Waals surface area contributed by atoms with Gasteiger partial charge in [-0.2, -0.15) is 0 Å². The Hall–Kier alpha value is -0.160. The van der Waals surface area contributed by atoms with Crippen LogP contribution in [0.5, 0.6) is 0 Å². The molecule has 1 heterocycles. The maximum Gasteiger partial charge on any atom is 0.0655 e. The van der Waals surface area contributed by atoms with Gasteiger partial charge in [-0.25, -0.2) is 0 Å². The molecular weight excluding hydrogens is 238 g/mol. The van der Waals surface area contributed by atoms with Crippen molar-refractivity contribution in [3.63, 3.8) is 0 Å². The van der Waals surface area contributed by atoms with Crippen molar-refractivity contribution in [2.75, 3.05) is 46.9 Å². The minimum absolute atomic E-state index is 0.273. The Morgan fingerprint density at radius 3 is 2.63 bits per heavy atom. The van der Waals surface area contributed by atoms with Crippen molar-refractivity contribution in [1.29, 1.82) is 0 Å². The van der Waals surface area contributed by atoms with Gasteiger partial charge in [0, 0.05) is 50.3 Å². The van der Waals surface area contributed by atoms with Crippen molar-refractivity contribution in [3.8, 4) is 0 Å². The zero-order valence-electron chi connectivity index (χ0n) is 13.3. The summed E-state index contributed by atoms with van der Waals surface area (Å²) in [5.74, 6) is 0. The molecular formula is C15H31N3O. The first-order valence-corrected chi connectivity index (χ1v) is 7.69. The molecule has 1 saturated carbocycles. The zero-order valence-corrected chi connectivity index (χ0v) is 13.3. The molecule has 1 saturated heterocycles. The third-order valence-corrected chi connectivity index (χ3v) is 5.13. The molecule has 0 amide bonds. The van der Waals surface area contributed by atoms with Crippen molar-refractivity contribution >= 4 is 0 Å². The highest BCUT2D eigenvalue weighted by atomic mass is 16.5. The summed E-state index contributed by atoms with van der Waals surface area (Å²) in [6, 6.07) is 1.24. The normalized spacial score (nSPS) is 36.2. The highest BCUT2D eigenvalue weighted by molar-refractivity contribution is 5.03. The van der Waals surface area contributed by atoms with Crippen LogP contribution in [0.15, 0.2) is 0 Å². The third-order valence-electron chi connectivity index (χ3n) is 5.13. The first-order valence-electron chi connectivity index (χ1n) is 7.69. The summed E-state index contributed by atoms with van der Waals surface area (Å²) in [4.78, 5) is 4.92. The van der Waals surface area contributed by atoms with Gasteiger partial charge in [-0.1, -0.05) is 13.8 Å². The summed E-state index contributed by atoms with van der Waals surface area (Å²) in [5, 5.41) is 3.77. The number of hydrogen-bond donors (Lipinski definition) is 1. The number of likely N-dealkylation sites (N-methyl/N-ethyl adjacent to an activating group) is 2. The summed E-state index contributed by atoms with van der Waals surface area (Å²) in [6.07, 6.45) is 1.59. The average molecular weight is 269 g/mol. The van der Waals surface area contributed by atoms with E-state index < -0.39 is 0 Å². The molecule has 0 spiro atoms. The van der Waals surface area contributed by atoms with Crippen LogP contribution in [0, 0.1) is 5.41 Å². The highest BCUT2D eigenvalue weighted by Gasteiger charge is 2.48. The first kappa shape index (κ1) is 15.2. The van der Waals surface area contributed by atoms with E-state index in [1.165, 1.54) is 19.6 Å². The van der Waals surface area contributed by atoms with Crippen LogP contribution in [-0.2, 0) is 4.74 Å². The lowest BCUT2D eigenvalue weighted by molar-refractivity contribution is -0.115. The van der Waals surface area contributed by atoms with Crippen molar-refractivity contribution in [2.24, 2.45) is 5.41 Å². The predicted octanol–water partition coefficient (Wildman–Crippen LogP) is 1.03. The van der Waals surface area contributed by atoms with Crippen LogP contribution in [0.25, 0.3) is 0 Å². The molecule has 0 aromatic rings. The topological polar surface area (TPSA) is 27.7 Å². The van der Waals surface area contributed by atoms with Gasteiger partial charge in [0.1, 0.15) is 0 Å². The zero-order chi connectivity index (χ0) is 14.0. The van der Waals surface area contributed by atoms with E-state index in [0.29, 0.717) is 18.2 Å². The van der Waals surface area contributed by atoms with Crippen molar-refractivity contribution in [1.82, 2.24) is 15.1 Å². The van der Waals surface area contributed by atoms with E-state index in [1.807, 2.05) is 0 Å². The van der Waals surface area contributed by atoms with E-state index in [1.54, 1.807) is 0 Å². The van der Waals surface area contributed by atoms with Crippen molar-refractivity contribution < 1.29 is 4.74 Å². The quantitative estimate of drug-likeness (QED) is 0.807. The molecule has 0 aromatic heterocycles. The lowest BCUT2D eigenvalue weighted by atomic mass is 9.64. The van der Waals surface area contributed by atoms with E-state index in [2.05, 4.69) is 50.0 Å². The van der Waals surface area contributed by atoms with E-state index in [9.17, 15) is 0 Å². The van der Waals surface area contributed by atoms with Crippen LogP contribution in [0.3, 0.4) is 0 Å². The van der Waals surface area contributed by atoms with Crippen LogP contribution in [0.1, 0.15) is 27.2 Å². The molecule has 19 heavy (non-hydrogen) atoms. The molecule has 2 fully saturated rings. The van der Waals surface area contributed by atoms with Gasteiger partial charge in [-0.05, 0) is 27.4 Å². The smallest absolute Gasteiger partial charge is 0.0655 e. The largest absolute Gasteiger partial charge is 0.378 e. The molecule has 1 N–H and O–H groups in total. The molecule has 3 atom stereocenters. The molecule has 1 aliphatic heterocycles. The molecule has 1 aliphatic carbocycles. The minimum atomic E-state index is 0.273. The van der Waals surface area contributed by atoms with Gasteiger partial charge >= 0.3 is 0 Å². The molecule has 0 bridgehead atoms. The van der Waals surface area contributed by atoms with Crippen molar-refractivity contribution in [2.45, 2.75) is 45.4 Å². The fourth-order valence-electron chi connectivity index (χ4n) is 3.32. The molecule has 0 aromatic carbocycles. The molecule has 4 nitrogen and oxygen atoms in total. The van der Waals surface area contributed by atoms with E-state index in [4.69, 9.17) is 4.74 Å². The summed E-state index contributed by atoms with van der Waals surface area (Å²) >= 11 is 0. The van der Waals surface area contributed by atoms with Crippen LogP contribution < -0.4 is 5.32 Å². The van der Waals surface area contributed by atoms with E-state index >= 15 is 0 Å². The Labute approximate surface area is 118 Å². The molecule has 0 radical (unpaired) electrons. The molecule has 112 valence electrons. The predicted molar refractivity (Wildman–Crippen MR) is 79.5 cm³/mol. The highest BCUT2D eigenvalue weighted by Crippen LogP contribution is 2.42. The Balaban J connectivity index is 1.77. The number of ether oxygens (including phenoxy) is 1. The van der Waals surface area contributed by atoms with Gasteiger partial charge in [0.25, 0.3) is 0 Å². The monoisotopic (exact) mass is 269 g/mol. The van der Waals surface area contributed by atoms with Gasteiger partial charge in [-0.15, -0.1) is 0 Å². The van der Waals surface area contributed by atoms with E-state index in [0.717, 1.165) is 19.6 Å². The first-order chi connectivity index (χ1) is 8.95. The van der Waals surface area contributed by atoms with Gasteiger partial charge in [0.05, 0.1) is 6.10 Å². The Kier molecular flexibility index (Phi) is 4.88. The minimum Gasteiger partial charge on any atom is -0.378 e. The Morgan fingerprint density at radius 2 is 2.00 bits per heavy atom. The molecule has 2 aliphatic rings. The van der Waals surface area contributed by atoms with Gasteiger partial charge < -0.3 is 15.0 Å². The summed E-state index contributed by atoms with van der Waals surface area (Å²) < 4.78 is 5.79. The second kappa shape index (κ2) is 6.08. The molecule has 3 unspecified atom stereocenters. The lowest BCUT2D eigenvalue weighted by Gasteiger charge is -2.52. The standard InChI is InChI=1S/C15H31N3O/c1-6-19-14-9-13(15(14,2)3)16-10-12-11-17(4)7-8-18(12)5/h12-14,16H,6-11H2,1-5H3. The van der Waals surface area contributed by atoms with Gasteiger partial charge in [-0.3, -0.25) is 4.90 Å². The number of nitrogens with one attached hydrogen (secondary N) is 1. The second-order valence-corrected chi connectivity index (χ2v) is 6.86. The fourth-order valence-corrected chi connectivity index (χ4v) is 3.32. The second-order valence-electron chi connectivity index (χ2n) is 6.86. The van der Waals surface area contributed by atoms with Crippen LogP contribution in [0.4, 0.5) is 0 Å². The average Bonchev–Trinajstić information content (AvgIpc) is 2.36. The van der Waals surface area contributed by atoms with Gasteiger partial charge in [0.2, 0.25) is 0 Å². The molecule has 2 rings (SSSR count). The number of nitrogens with zero attached hydrogens (tertiary/aromatic N) is 2. The SMILES string of the molecule is CCOC1CC(NCC2CN(C)CCN2C)C1(C)C. The van der Waals surface area contributed by atoms with Crippen LogP contribution >= 0.6 is 0 Å². The Bertz CT molecular complexity index is 295. The lowest BCUT2D eigenvalue weighted by Crippen LogP contribution is -2.63. The maximum atomic E-state index is 5.79. The molecule has 4 heteroatoms. The summed E-state index contributed by atoms with van der Waals surface area (Å²) in [6.45, 7) is 12.2. The van der Waals surface area contributed by atoms with Gasteiger partial charge in [0.15, 0.2) is 0 Å². The number of hydrogen-bond acceptors (Lipinski definition) is 4. The van der Waals surface area contributed by atoms with E-state index in [-0.39, 0.29) is 5.41 Å². The fraction of sp³-hybridized carbons (Fsp3) is 1.00. The number of piperazine rings is 1. The summed E-state index contributed by atoms with van der Waals surface area (Å²) in [7, 11) is 4.46.